The highest BCUT2D eigenvalue weighted by atomic mass is 16.6. The van der Waals surface area contributed by atoms with E-state index < -0.39 is 0 Å². The second-order valence-corrected chi connectivity index (χ2v) is 7.47. The van der Waals surface area contributed by atoms with Crippen LogP contribution in [-0.2, 0) is 13.1 Å². The van der Waals surface area contributed by atoms with Crippen molar-refractivity contribution >= 4 is 0 Å². The summed E-state index contributed by atoms with van der Waals surface area (Å²) in [5, 5.41) is 19.6. The van der Waals surface area contributed by atoms with Crippen molar-refractivity contribution in [2.24, 2.45) is 0 Å². The first-order chi connectivity index (χ1) is 13.7. The van der Waals surface area contributed by atoms with Gasteiger partial charge in [-0.05, 0) is 43.1 Å². The molecule has 2 aromatic carbocycles. The Morgan fingerprint density at radius 3 is 2.54 bits per heavy atom. The molecule has 146 valence electrons. The molecule has 1 fully saturated rings. The second kappa shape index (κ2) is 8.54. The van der Waals surface area contributed by atoms with Crippen molar-refractivity contribution < 1.29 is 14.3 Å². The van der Waals surface area contributed by atoms with E-state index >= 15 is 0 Å². The standard InChI is InChI=1S/C22H26N4O2/c1-17-7-9-20(10-8-17)26-21(22(27)28-24-26)15-23-19-11-13-25(14-12-19)16-18-5-3-2-4-6-18/h2-10,19,23H,11-16H2,1H3. The zero-order valence-corrected chi connectivity index (χ0v) is 16.2. The van der Waals surface area contributed by atoms with E-state index in [9.17, 15) is 5.11 Å². The number of nitrogens with one attached hydrogen (secondary N) is 1. The van der Waals surface area contributed by atoms with Crippen LogP contribution < -0.4 is 15.1 Å². The summed E-state index contributed by atoms with van der Waals surface area (Å²) in [7, 11) is 0. The average molecular weight is 378 g/mol. The van der Waals surface area contributed by atoms with Crippen LogP contribution in [0.5, 0.6) is 5.95 Å². The fourth-order valence-corrected chi connectivity index (χ4v) is 3.68. The maximum absolute atomic E-state index is 12.1. The molecule has 3 aromatic rings. The predicted molar refractivity (Wildman–Crippen MR) is 104 cm³/mol. The fourth-order valence-electron chi connectivity index (χ4n) is 3.68. The van der Waals surface area contributed by atoms with E-state index in [0.29, 0.717) is 18.3 Å². The Balaban J connectivity index is 1.32. The highest BCUT2D eigenvalue weighted by molar-refractivity contribution is 5.27. The Morgan fingerprint density at radius 1 is 1.11 bits per heavy atom. The first kappa shape index (κ1) is 18.7. The average Bonchev–Trinajstić information content (AvgIpc) is 3.09. The molecule has 1 aromatic heterocycles. The monoisotopic (exact) mass is 378 g/mol. The van der Waals surface area contributed by atoms with Crippen molar-refractivity contribution in [3.63, 3.8) is 0 Å². The van der Waals surface area contributed by atoms with Gasteiger partial charge in [-0.1, -0.05) is 48.0 Å². The number of aryl methyl sites for hydroxylation is 1. The normalized spacial score (nSPS) is 15.8. The molecule has 6 nitrogen and oxygen atoms in total. The molecule has 1 aliphatic heterocycles. The first-order valence-corrected chi connectivity index (χ1v) is 9.83. The molecule has 6 heteroatoms. The zero-order valence-electron chi connectivity index (χ0n) is 16.2. The van der Waals surface area contributed by atoms with Gasteiger partial charge in [0.1, 0.15) is 0 Å². The summed E-state index contributed by atoms with van der Waals surface area (Å²) in [6.45, 7) is 5.59. The highest BCUT2D eigenvalue weighted by Crippen LogP contribution is 2.16. The molecular formula is C22H26N4O2. The summed E-state index contributed by atoms with van der Waals surface area (Å²) >= 11 is 0. The summed E-state index contributed by atoms with van der Waals surface area (Å²) in [6, 6.07) is 18.9. The number of likely N-dealkylation sites (tertiary alicyclic amines) is 1. The van der Waals surface area contributed by atoms with Gasteiger partial charge in [0, 0.05) is 24.7 Å². The maximum atomic E-state index is 12.1. The van der Waals surface area contributed by atoms with Crippen molar-refractivity contribution in [1.82, 2.24) is 15.5 Å². The molecule has 0 bridgehead atoms. The molecule has 4 rings (SSSR count). The third-order valence-electron chi connectivity index (χ3n) is 5.37. The van der Waals surface area contributed by atoms with Crippen molar-refractivity contribution in [1.29, 1.82) is 0 Å². The van der Waals surface area contributed by atoms with E-state index in [0.717, 1.165) is 43.7 Å². The molecular weight excluding hydrogens is 352 g/mol. The quantitative estimate of drug-likeness (QED) is 0.665. The van der Waals surface area contributed by atoms with Gasteiger partial charge in [0.25, 0.3) is 5.69 Å². The van der Waals surface area contributed by atoms with Crippen LogP contribution in [0.15, 0.2) is 59.1 Å². The molecule has 2 heterocycles. The summed E-state index contributed by atoms with van der Waals surface area (Å²) in [6.07, 6.45) is 2.13. The van der Waals surface area contributed by atoms with Crippen molar-refractivity contribution in [2.45, 2.75) is 38.9 Å². The molecule has 0 spiro atoms. The molecule has 28 heavy (non-hydrogen) atoms. The van der Waals surface area contributed by atoms with Crippen molar-refractivity contribution in [3.8, 4) is 11.6 Å². The van der Waals surface area contributed by atoms with Crippen LogP contribution in [0, 0.1) is 6.92 Å². The van der Waals surface area contributed by atoms with Gasteiger partial charge in [0.15, 0.2) is 5.95 Å². The van der Waals surface area contributed by atoms with Crippen molar-refractivity contribution in [3.05, 3.63) is 71.4 Å². The lowest BCUT2D eigenvalue weighted by Gasteiger charge is -2.32. The molecule has 0 atom stereocenters. The summed E-state index contributed by atoms with van der Waals surface area (Å²) in [4.78, 5) is 2.48. The Bertz CT molecular complexity index is 885. The predicted octanol–water partition coefficient (Wildman–Crippen LogP) is 2.09. The lowest BCUT2D eigenvalue weighted by atomic mass is 10.0. The van der Waals surface area contributed by atoms with Crippen LogP contribution in [0.1, 0.15) is 29.7 Å². The molecule has 1 N–H and O–H groups in total. The van der Waals surface area contributed by atoms with E-state index in [-0.39, 0.29) is 5.95 Å². The van der Waals surface area contributed by atoms with Gasteiger partial charge in [-0.2, -0.15) is 0 Å². The highest BCUT2D eigenvalue weighted by Gasteiger charge is 2.23. The minimum Gasteiger partial charge on any atom is -0.539 e. The third kappa shape index (κ3) is 4.40. The zero-order chi connectivity index (χ0) is 19.3. The number of hydrogen-bond acceptors (Lipinski definition) is 5. The van der Waals surface area contributed by atoms with Gasteiger partial charge in [-0.25, -0.2) is 0 Å². The summed E-state index contributed by atoms with van der Waals surface area (Å²) < 4.78 is 6.51. The number of aromatic nitrogens is 2. The Hall–Kier alpha value is -2.70. The number of nitrogens with zero attached hydrogens (tertiary/aromatic N) is 3. The Kier molecular flexibility index (Phi) is 5.69. The molecule has 0 saturated carbocycles. The second-order valence-electron chi connectivity index (χ2n) is 7.47. The fraction of sp³-hybridized carbons (Fsp3) is 0.364. The molecule has 0 aliphatic carbocycles. The Morgan fingerprint density at radius 2 is 1.82 bits per heavy atom. The third-order valence-corrected chi connectivity index (χ3v) is 5.37. The topological polar surface area (TPSA) is 68.2 Å². The van der Waals surface area contributed by atoms with Gasteiger partial charge in [0.2, 0.25) is 5.69 Å². The van der Waals surface area contributed by atoms with Crippen LogP contribution in [0.4, 0.5) is 0 Å². The van der Waals surface area contributed by atoms with E-state index in [2.05, 4.69) is 45.8 Å². The number of hydrogen-bond donors (Lipinski definition) is 1. The lowest BCUT2D eigenvalue weighted by Crippen LogP contribution is -2.44. The van der Waals surface area contributed by atoms with E-state index in [1.165, 1.54) is 5.56 Å². The molecule has 1 saturated heterocycles. The number of piperidine rings is 1. The van der Waals surface area contributed by atoms with Gasteiger partial charge < -0.3 is 14.9 Å². The summed E-state index contributed by atoms with van der Waals surface area (Å²) in [5.74, 6) is -0.380. The van der Waals surface area contributed by atoms with E-state index in [1.54, 1.807) is 4.68 Å². The SMILES string of the molecule is Cc1ccc(-[n+]2noc([O-])c2CNC2CCN(Cc3ccccc3)CC2)cc1. The van der Waals surface area contributed by atoms with Crippen LogP contribution in [-0.4, -0.2) is 29.3 Å². The molecule has 0 unspecified atom stereocenters. The van der Waals surface area contributed by atoms with Crippen LogP contribution in [0.2, 0.25) is 0 Å². The van der Waals surface area contributed by atoms with E-state index in [4.69, 9.17) is 4.52 Å². The van der Waals surface area contributed by atoms with E-state index in [1.807, 2.05) is 31.2 Å². The molecule has 0 amide bonds. The van der Waals surface area contributed by atoms with Gasteiger partial charge in [0.05, 0.1) is 11.8 Å². The van der Waals surface area contributed by atoms with Crippen LogP contribution in [0.25, 0.3) is 5.69 Å². The van der Waals surface area contributed by atoms with Gasteiger partial charge >= 0.3 is 0 Å². The largest absolute Gasteiger partial charge is 0.539 e. The summed E-state index contributed by atoms with van der Waals surface area (Å²) in [5.41, 5.74) is 3.90. The smallest absolute Gasteiger partial charge is 0.253 e. The first-order valence-electron chi connectivity index (χ1n) is 9.83. The molecule has 0 radical (unpaired) electrons. The molecule has 1 aliphatic rings. The van der Waals surface area contributed by atoms with Crippen LogP contribution >= 0.6 is 0 Å². The van der Waals surface area contributed by atoms with Gasteiger partial charge in [-0.15, -0.1) is 0 Å². The minimum absolute atomic E-state index is 0.380. The Labute approximate surface area is 165 Å². The number of benzene rings is 2. The minimum atomic E-state index is -0.380. The number of rotatable bonds is 6. The maximum Gasteiger partial charge on any atom is 0.253 e. The van der Waals surface area contributed by atoms with Crippen molar-refractivity contribution in [2.75, 3.05) is 13.1 Å². The van der Waals surface area contributed by atoms with Gasteiger partial charge in [-0.3, -0.25) is 4.90 Å². The lowest BCUT2D eigenvalue weighted by molar-refractivity contribution is -0.677. The van der Waals surface area contributed by atoms with Crippen LogP contribution in [0.3, 0.4) is 0 Å².